The summed E-state index contributed by atoms with van der Waals surface area (Å²) < 4.78 is 29.8. The van der Waals surface area contributed by atoms with Gasteiger partial charge in [-0.2, -0.15) is 0 Å². The third-order valence-corrected chi connectivity index (χ3v) is 14.6. The quantitative estimate of drug-likeness (QED) is 0.0262. The Morgan fingerprint density at radius 2 is 0.782 bits per heavy atom. The van der Waals surface area contributed by atoms with Gasteiger partial charge in [0.1, 0.15) is 0 Å². The molecule has 326 valence electrons. The molecule has 9 heteroatoms. The summed E-state index contributed by atoms with van der Waals surface area (Å²) in [5, 5.41) is 0. The zero-order chi connectivity index (χ0) is 40.0. The molecule has 0 saturated carbocycles. The topological polar surface area (TPSA) is 80.3 Å². The van der Waals surface area contributed by atoms with E-state index in [0.717, 1.165) is 38.5 Å². The van der Waals surface area contributed by atoms with Crippen LogP contribution in [0.25, 0.3) is 0 Å². The Kier molecular flexibility index (Phi) is 36.5. The first-order chi connectivity index (χ1) is 26.9. The van der Waals surface area contributed by atoms with E-state index < -0.39 is 11.6 Å². The Balaban J connectivity index is 2.32. The Morgan fingerprint density at radius 3 is 1.09 bits per heavy atom. The van der Waals surface area contributed by atoms with Crippen LogP contribution in [0.3, 0.4) is 0 Å². The first-order valence-electron chi connectivity index (χ1n) is 23.7. The van der Waals surface area contributed by atoms with E-state index in [4.69, 9.17) is 23.0 Å². The number of carbonyl (C=O) groups excluding carboxylic acids is 2. The zero-order valence-corrected chi connectivity index (χ0v) is 39.1. The zero-order valence-electron chi connectivity index (χ0n) is 36.5. The predicted octanol–water partition coefficient (Wildman–Crippen LogP) is 14.7. The fourth-order valence-corrected chi connectivity index (χ4v) is 10.1. The molecule has 1 rings (SSSR count). The second kappa shape index (κ2) is 38.0. The third-order valence-electron chi connectivity index (χ3n) is 11.1. The van der Waals surface area contributed by atoms with Crippen molar-refractivity contribution in [3.05, 3.63) is 0 Å². The van der Waals surface area contributed by atoms with Crippen LogP contribution in [-0.4, -0.2) is 60.1 Å². The SMILES string of the molecule is CCCCCCCCCCCCCCCCCC(=O)OCC(CCC)(COC(=O)CCCCCCCCCCCCCCCCC)COP1(=[Se])OCCCO1. The van der Waals surface area contributed by atoms with Crippen molar-refractivity contribution in [2.75, 3.05) is 33.0 Å². The third kappa shape index (κ3) is 32.3. The van der Waals surface area contributed by atoms with Crippen molar-refractivity contribution in [2.24, 2.45) is 5.41 Å². The molecule has 0 spiro atoms. The number of unbranched alkanes of at least 4 members (excludes halogenated alkanes) is 28. The monoisotopic (exact) mass is 865 g/mol. The van der Waals surface area contributed by atoms with Crippen LogP contribution >= 0.6 is 6.19 Å². The first-order valence-corrected chi connectivity index (χ1v) is 27.5. The molecule has 0 aromatic rings. The van der Waals surface area contributed by atoms with Crippen LogP contribution in [-0.2, 0) is 32.6 Å². The van der Waals surface area contributed by atoms with Crippen molar-refractivity contribution >= 4 is 33.2 Å². The molecule has 1 heterocycles. The molecule has 1 aliphatic rings. The molecule has 1 fully saturated rings. The Morgan fingerprint density at radius 1 is 0.473 bits per heavy atom. The average Bonchev–Trinajstić information content (AvgIpc) is 3.18. The Hall–Kier alpha value is -0.231. The van der Waals surface area contributed by atoms with E-state index in [0.29, 0.717) is 32.5 Å². The molecule has 0 aliphatic carbocycles. The Bertz CT molecular complexity index is 872. The number of hydrogen-bond donors (Lipinski definition) is 0. The second-order valence-electron chi connectivity index (χ2n) is 16.7. The number of ether oxygens (including phenoxy) is 2. The standard InChI is InChI=1S/C46H89O7PSe/c1-4-7-9-11-13-15-17-19-21-23-25-27-29-31-33-36-44(47)49-41-46(38-6-3,43-53-54(55)51-39-35-40-52-54)42-50-45(48)37-34-32-30-28-26-24-22-20-18-16-14-12-10-8-5-2/h4-43H2,1-3H3. The summed E-state index contributed by atoms with van der Waals surface area (Å²) in [6, 6.07) is 0. The number of carbonyl (C=O) groups is 2. The molecule has 0 aromatic heterocycles. The van der Waals surface area contributed by atoms with E-state index in [2.05, 4.69) is 35.9 Å². The minimum absolute atomic E-state index is 0.157. The number of rotatable bonds is 41. The molecule has 0 atom stereocenters. The summed E-state index contributed by atoms with van der Waals surface area (Å²) in [4.78, 5) is 25.8. The van der Waals surface area contributed by atoms with Crippen LogP contribution < -0.4 is 0 Å². The molecular formula is C46H89O7PSe. The fraction of sp³-hybridized carbons (Fsp3) is 0.957. The molecule has 7 nitrogen and oxygen atoms in total. The van der Waals surface area contributed by atoms with Gasteiger partial charge in [0.2, 0.25) is 0 Å². The van der Waals surface area contributed by atoms with E-state index in [1.54, 1.807) is 0 Å². The van der Waals surface area contributed by atoms with Crippen molar-refractivity contribution in [3.8, 4) is 0 Å². The van der Waals surface area contributed by atoms with E-state index in [9.17, 15) is 9.59 Å². The van der Waals surface area contributed by atoms with E-state index in [1.807, 2.05) is 0 Å². The van der Waals surface area contributed by atoms with Gasteiger partial charge in [0.25, 0.3) is 0 Å². The molecule has 0 radical (unpaired) electrons. The maximum absolute atomic E-state index is 12.9. The molecule has 0 unspecified atom stereocenters. The van der Waals surface area contributed by atoms with Crippen LogP contribution in [0.4, 0.5) is 0 Å². The van der Waals surface area contributed by atoms with Gasteiger partial charge in [0.15, 0.2) is 0 Å². The molecule has 1 saturated heterocycles. The van der Waals surface area contributed by atoms with Crippen molar-refractivity contribution in [1.29, 1.82) is 0 Å². The maximum atomic E-state index is 12.9. The van der Waals surface area contributed by atoms with Crippen LogP contribution in [0.2, 0.25) is 0 Å². The number of hydrogen-bond acceptors (Lipinski definition) is 7. The van der Waals surface area contributed by atoms with E-state index in [1.165, 1.54) is 167 Å². The molecule has 1 aliphatic heterocycles. The van der Waals surface area contributed by atoms with Gasteiger partial charge in [0.05, 0.1) is 0 Å². The van der Waals surface area contributed by atoms with Crippen LogP contribution in [0.5, 0.6) is 0 Å². The molecule has 0 aromatic carbocycles. The second-order valence-corrected chi connectivity index (χ2v) is 21.2. The van der Waals surface area contributed by atoms with E-state index in [-0.39, 0.29) is 31.8 Å². The van der Waals surface area contributed by atoms with Crippen molar-refractivity contribution in [3.63, 3.8) is 0 Å². The summed E-state index contributed by atoms with van der Waals surface area (Å²) in [6.45, 7) is 8.38. The van der Waals surface area contributed by atoms with Crippen LogP contribution in [0, 0.1) is 5.41 Å². The molecular weight excluding hydrogens is 774 g/mol. The van der Waals surface area contributed by atoms with Crippen LogP contribution in [0.15, 0.2) is 0 Å². The predicted molar refractivity (Wildman–Crippen MR) is 233 cm³/mol. The summed E-state index contributed by atoms with van der Waals surface area (Å²) >= 11 is 3.01. The van der Waals surface area contributed by atoms with Crippen molar-refractivity contribution in [2.45, 2.75) is 245 Å². The number of esters is 2. The van der Waals surface area contributed by atoms with E-state index >= 15 is 0 Å². The van der Waals surface area contributed by atoms with Gasteiger partial charge in [-0.15, -0.1) is 0 Å². The van der Waals surface area contributed by atoms with Gasteiger partial charge >= 0.3 is 195 Å². The van der Waals surface area contributed by atoms with Crippen molar-refractivity contribution in [1.82, 2.24) is 0 Å². The summed E-state index contributed by atoms with van der Waals surface area (Å²) in [5.41, 5.74) is -0.648. The molecule has 55 heavy (non-hydrogen) atoms. The normalized spacial score (nSPS) is 14.3. The van der Waals surface area contributed by atoms with Crippen molar-refractivity contribution < 1.29 is 32.6 Å². The first kappa shape index (κ1) is 52.8. The van der Waals surface area contributed by atoms with Gasteiger partial charge in [-0.1, -0.05) is 155 Å². The van der Waals surface area contributed by atoms with Gasteiger partial charge in [-0.3, -0.25) is 0 Å². The summed E-state index contributed by atoms with van der Waals surface area (Å²) in [7, 11) is 0. The van der Waals surface area contributed by atoms with Gasteiger partial charge in [0, 0.05) is 0 Å². The van der Waals surface area contributed by atoms with Crippen LogP contribution in [0.1, 0.15) is 245 Å². The molecule has 0 N–H and O–H groups in total. The molecule has 0 amide bonds. The molecule has 0 bridgehead atoms. The van der Waals surface area contributed by atoms with Gasteiger partial charge in [-0.25, -0.2) is 0 Å². The summed E-state index contributed by atoms with van der Waals surface area (Å²) in [6.07, 6.45) is 39.5. The van der Waals surface area contributed by atoms with Gasteiger partial charge < -0.3 is 0 Å². The summed E-state index contributed by atoms with van der Waals surface area (Å²) in [5.74, 6) is -0.367. The van der Waals surface area contributed by atoms with Gasteiger partial charge in [-0.05, 0) is 0 Å². The minimum atomic E-state index is -2.58. The Labute approximate surface area is 348 Å². The fourth-order valence-electron chi connectivity index (χ4n) is 7.50. The average molecular weight is 864 g/mol.